The Balaban J connectivity index is 1.38. The van der Waals surface area contributed by atoms with Gasteiger partial charge >= 0.3 is 0 Å². The SMILES string of the molecule is COc1ccc(CCc2c(CCNCCCCCCNCCc3ccccc3)cc(Cl)c(OC)c2OC)cc1. The number of ether oxygens (including phenoxy) is 3. The molecule has 0 heterocycles. The third-order valence-corrected chi connectivity index (χ3v) is 7.36. The summed E-state index contributed by atoms with van der Waals surface area (Å²) in [5.74, 6) is 2.22. The Morgan fingerprint density at radius 2 is 1.21 bits per heavy atom. The van der Waals surface area contributed by atoms with E-state index in [-0.39, 0.29) is 0 Å². The van der Waals surface area contributed by atoms with Crippen LogP contribution in [0.3, 0.4) is 0 Å². The summed E-state index contributed by atoms with van der Waals surface area (Å²) in [5.41, 5.74) is 5.02. The van der Waals surface area contributed by atoms with E-state index in [1.54, 1.807) is 21.3 Å². The van der Waals surface area contributed by atoms with Gasteiger partial charge in [-0.25, -0.2) is 0 Å². The first-order valence-electron chi connectivity index (χ1n) is 14.2. The minimum atomic E-state index is 0.593. The highest BCUT2D eigenvalue weighted by molar-refractivity contribution is 6.32. The Kier molecular flexibility index (Phi) is 14.0. The normalized spacial score (nSPS) is 11.0. The van der Waals surface area contributed by atoms with E-state index in [2.05, 4.69) is 53.1 Å². The molecule has 0 aliphatic carbocycles. The fourth-order valence-electron chi connectivity index (χ4n) is 4.87. The molecule has 0 spiro atoms. The molecule has 5 nitrogen and oxygen atoms in total. The van der Waals surface area contributed by atoms with Gasteiger partial charge in [0.2, 0.25) is 0 Å². The summed E-state index contributed by atoms with van der Waals surface area (Å²) in [5, 5.41) is 7.78. The smallest absolute Gasteiger partial charge is 0.179 e. The number of unbranched alkanes of at least 4 members (excludes halogenated alkanes) is 3. The van der Waals surface area contributed by atoms with Crippen LogP contribution in [0.15, 0.2) is 60.7 Å². The van der Waals surface area contributed by atoms with Gasteiger partial charge in [-0.05, 0) is 99.6 Å². The maximum atomic E-state index is 6.57. The van der Waals surface area contributed by atoms with Crippen LogP contribution >= 0.6 is 11.6 Å². The third-order valence-electron chi connectivity index (χ3n) is 7.08. The molecule has 3 rings (SSSR count). The van der Waals surface area contributed by atoms with Crippen LogP contribution in [0.4, 0.5) is 0 Å². The summed E-state index contributed by atoms with van der Waals surface area (Å²) in [6, 6.07) is 20.9. The van der Waals surface area contributed by atoms with E-state index in [0.717, 1.165) is 68.9 Å². The van der Waals surface area contributed by atoms with Crippen molar-refractivity contribution < 1.29 is 14.2 Å². The molecule has 6 heteroatoms. The Hall–Kier alpha value is -2.73. The van der Waals surface area contributed by atoms with Gasteiger partial charge in [-0.15, -0.1) is 0 Å². The molecule has 3 aromatic rings. The molecule has 0 bridgehead atoms. The summed E-state index contributed by atoms with van der Waals surface area (Å²) in [6.07, 6.45) is 8.67. The molecule has 0 aliphatic rings. The second-order valence-electron chi connectivity index (χ2n) is 9.81. The summed E-state index contributed by atoms with van der Waals surface area (Å²) < 4.78 is 16.7. The standard InChI is InChI=1S/C33H45ClN2O3/c1-37-29-16-13-27(14-17-29)15-18-30-28(25-31(34)33(39-3)32(30)38-2)20-24-36-22-10-5-4-9-21-35-23-19-26-11-7-6-8-12-26/h6-8,11-14,16-17,25,35-36H,4-5,9-10,15,18-24H2,1-3H3. The van der Waals surface area contributed by atoms with E-state index in [4.69, 9.17) is 25.8 Å². The highest BCUT2D eigenvalue weighted by atomic mass is 35.5. The van der Waals surface area contributed by atoms with Crippen molar-refractivity contribution in [3.8, 4) is 17.2 Å². The van der Waals surface area contributed by atoms with E-state index in [1.807, 2.05) is 18.2 Å². The van der Waals surface area contributed by atoms with Crippen molar-refractivity contribution in [2.45, 2.75) is 51.4 Å². The first kappa shape index (κ1) is 30.8. The predicted octanol–water partition coefficient (Wildman–Crippen LogP) is 6.68. The average Bonchev–Trinajstić information content (AvgIpc) is 2.97. The van der Waals surface area contributed by atoms with Crippen molar-refractivity contribution in [1.82, 2.24) is 10.6 Å². The second-order valence-corrected chi connectivity index (χ2v) is 10.2. The van der Waals surface area contributed by atoms with Crippen molar-refractivity contribution >= 4 is 11.6 Å². The van der Waals surface area contributed by atoms with Crippen molar-refractivity contribution in [3.63, 3.8) is 0 Å². The molecule has 0 aromatic heterocycles. The molecule has 0 aliphatic heterocycles. The summed E-state index contributed by atoms with van der Waals surface area (Å²) in [4.78, 5) is 0. The first-order chi connectivity index (χ1) is 19.2. The molecule has 0 amide bonds. The fraction of sp³-hybridized carbons (Fsp3) is 0.455. The fourth-order valence-corrected chi connectivity index (χ4v) is 5.16. The zero-order valence-corrected chi connectivity index (χ0v) is 24.6. The van der Waals surface area contributed by atoms with Crippen molar-refractivity contribution in [1.29, 1.82) is 0 Å². The highest BCUT2D eigenvalue weighted by Crippen LogP contribution is 2.41. The van der Waals surface area contributed by atoms with E-state index >= 15 is 0 Å². The maximum Gasteiger partial charge on any atom is 0.179 e. The van der Waals surface area contributed by atoms with Crippen LogP contribution in [-0.4, -0.2) is 47.5 Å². The van der Waals surface area contributed by atoms with E-state index in [0.29, 0.717) is 10.8 Å². The molecule has 0 fully saturated rings. The Morgan fingerprint density at radius 1 is 0.590 bits per heavy atom. The van der Waals surface area contributed by atoms with Gasteiger partial charge in [-0.2, -0.15) is 0 Å². The first-order valence-corrected chi connectivity index (χ1v) is 14.5. The summed E-state index contributed by atoms with van der Waals surface area (Å²) in [7, 11) is 5.01. The van der Waals surface area contributed by atoms with Crippen LogP contribution in [0.1, 0.15) is 47.9 Å². The van der Waals surface area contributed by atoms with Gasteiger partial charge in [0, 0.05) is 5.56 Å². The van der Waals surface area contributed by atoms with E-state index in [1.165, 1.54) is 42.4 Å². The Labute approximate surface area is 240 Å². The number of methoxy groups -OCH3 is 3. The van der Waals surface area contributed by atoms with Crippen LogP contribution in [0.5, 0.6) is 17.2 Å². The zero-order valence-electron chi connectivity index (χ0n) is 23.9. The van der Waals surface area contributed by atoms with Gasteiger partial charge in [0.25, 0.3) is 0 Å². The van der Waals surface area contributed by atoms with Gasteiger partial charge in [-0.3, -0.25) is 0 Å². The van der Waals surface area contributed by atoms with Gasteiger partial charge in [0.05, 0.1) is 26.4 Å². The molecular formula is C33H45ClN2O3. The third kappa shape index (κ3) is 10.4. The lowest BCUT2D eigenvalue weighted by molar-refractivity contribution is 0.351. The van der Waals surface area contributed by atoms with Gasteiger partial charge in [0.15, 0.2) is 11.5 Å². The largest absolute Gasteiger partial charge is 0.497 e. The molecule has 0 atom stereocenters. The quantitative estimate of drug-likeness (QED) is 0.163. The predicted molar refractivity (Wildman–Crippen MR) is 163 cm³/mol. The van der Waals surface area contributed by atoms with Crippen LogP contribution in [-0.2, 0) is 25.7 Å². The van der Waals surface area contributed by atoms with Gasteiger partial charge in [-0.1, -0.05) is 66.9 Å². The second kappa shape index (κ2) is 17.8. The lowest BCUT2D eigenvalue weighted by Gasteiger charge is -2.19. The summed E-state index contributed by atoms with van der Waals surface area (Å²) in [6.45, 7) is 4.08. The highest BCUT2D eigenvalue weighted by Gasteiger charge is 2.19. The Morgan fingerprint density at radius 3 is 1.82 bits per heavy atom. The molecule has 0 saturated carbocycles. The number of benzene rings is 3. The van der Waals surface area contributed by atoms with E-state index in [9.17, 15) is 0 Å². The summed E-state index contributed by atoms with van der Waals surface area (Å²) >= 11 is 6.57. The Bertz CT molecular complexity index is 1090. The molecule has 3 aromatic carbocycles. The van der Waals surface area contributed by atoms with Gasteiger partial charge in [0.1, 0.15) is 5.75 Å². The number of hydrogen-bond acceptors (Lipinski definition) is 5. The maximum absolute atomic E-state index is 6.57. The molecule has 0 unspecified atom stereocenters. The van der Waals surface area contributed by atoms with Gasteiger partial charge < -0.3 is 24.8 Å². The van der Waals surface area contributed by atoms with Crippen LogP contribution in [0, 0.1) is 0 Å². The average molecular weight is 553 g/mol. The molecule has 0 radical (unpaired) electrons. The van der Waals surface area contributed by atoms with E-state index < -0.39 is 0 Å². The number of nitrogens with one attached hydrogen (secondary N) is 2. The molecule has 212 valence electrons. The minimum absolute atomic E-state index is 0.593. The van der Waals surface area contributed by atoms with Crippen LogP contribution in [0.25, 0.3) is 0 Å². The molecule has 39 heavy (non-hydrogen) atoms. The van der Waals surface area contributed by atoms with Crippen LogP contribution in [0.2, 0.25) is 5.02 Å². The lowest BCUT2D eigenvalue weighted by atomic mass is 9.96. The minimum Gasteiger partial charge on any atom is -0.497 e. The topological polar surface area (TPSA) is 51.8 Å². The lowest BCUT2D eigenvalue weighted by Crippen LogP contribution is -2.20. The van der Waals surface area contributed by atoms with Crippen molar-refractivity contribution in [2.24, 2.45) is 0 Å². The number of hydrogen-bond donors (Lipinski definition) is 2. The number of halogens is 1. The molecule has 0 saturated heterocycles. The molecular weight excluding hydrogens is 508 g/mol. The number of rotatable bonds is 19. The number of aryl methyl sites for hydroxylation is 1. The molecule has 2 N–H and O–H groups in total. The van der Waals surface area contributed by atoms with Crippen molar-refractivity contribution in [3.05, 3.63) is 87.9 Å². The van der Waals surface area contributed by atoms with Crippen molar-refractivity contribution in [2.75, 3.05) is 47.5 Å². The zero-order chi connectivity index (χ0) is 27.7. The monoisotopic (exact) mass is 552 g/mol. The van der Waals surface area contributed by atoms with Crippen LogP contribution < -0.4 is 24.8 Å².